The third-order valence-electron chi connectivity index (χ3n) is 4.71. The van der Waals surface area contributed by atoms with E-state index in [0.29, 0.717) is 29.2 Å². The Labute approximate surface area is 151 Å². The van der Waals surface area contributed by atoms with Crippen LogP contribution in [0.5, 0.6) is 0 Å². The van der Waals surface area contributed by atoms with Gasteiger partial charge in [-0.05, 0) is 19.8 Å². The third kappa shape index (κ3) is 3.06. The normalized spacial score (nSPS) is 15.2. The second-order valence-electron chi connectivity index (χ2n) is 6.58. The van der Waals surface area contributed by atoms with E-state index in [-0.39, 0.29) is 5.92 Å². The third-order valence-corrected chi connectivity index (χ3v) is 4.71. The van der Waals surface area contributed by atoms with Gasteiger partial charge in [-0.15, -0.1) is 0 Å². The van der Waals surface area contributed by atoms with E-state index in [1.54, 1.807) is 6.92 Å². The molecule has 0 unspecified atom stereocenters. The molecule has 0 amide bonds. The summed E-state index contributed by atoms with van der Waals surface area (Å²) in [5.41, 5.74) is 2.50. The summed E-state index contributed by atoms with van der Waals surface area (Å²) in [5, 5.41) is 13.3. The minimum Gasteiger partial charge on any atom is -0.424 e. The topological polar surface area (TPSA) is 92.0 Å². The molecule has 0 aliphatic carbocycles. The summed E-state index contributed by atoms with van der Waals surface area (Å²) in [6, 6.07) is 10.2. The number of nitriles is 1. The molecule has 0 radical (unpaired) electrons. The predicted octanol–water partition coefficient (Wildman–Crippen LogP) is 3.60. The molecule has 0 bridgehead atoms. The number of aromatic nitrogens is 3. The van der Waals surface area contributed by atoms with Crippen LogP contribution in [0.1, 0.15) is 41.8 Å². The number of benzene rings is 1. The van der Waals surface area contributed by atoms with Crippen molar-refractivity contribution in [1.29, 1.82) is 5.26 Å². The number of rotatable bonds is 3. The number of hydrogen-bond acceptors (Lipinski definition) is 7. The van der Waals surface area contributed by atoms with Gasteiger partial charge in [0.25, 0.3) is 0 Å². The van der Waals surface area contributed by atoms with Gasteiger partial charge in [0.15, 0.2) is 5.89 Å². The predicted molar refractivity (Wildman–Crippen MR) is 94.6 cm³/mol. The molecule has 26 heavy (non-hydrogen) atoms. The highest BCUT2D eigenvalue weighted by molar-refractivity contribution is 5.54. The van der Waals surface area contributed by atoms with E-state index in [1.807, 2.05) is 31.2 Å². The molecular formula is C19H19N5O2. The molecule has 4 rings (SSSR count). The fourth-order valence-electron chi connectivity index (χ4n) is 3.25. The molecule has 1 fully saturated rings. The molecule has 3 heterocycles. The Kier molecular flexibility index (Phi) is 4.17. The maximum Gasteiger partial charge on any atom is 0.234 e. The standard InChI is InChI=1S/C19H19N5O2/c1-12-3-5-14(6-4-12)17-22-18(26-23-17)15-7-9-24(10-8-15)19-16(11-20)21-13(2)25-19/h3-6,15H,7-10H2,1-2H3. The first kappa shape index (κ1) is 16.3. The zero-order chi connectivity index (χ0) is 18.1. The van der Waals surface area contributed by atoms with Crippen molar-refractivity contribution in [2.24, 2.45) is 0 Å². The van der Waals surface area contributed by atoms with Gasteiger partial charge in [0, 0.05) is 31.5 Å². The molecule has 1 saturated heterocycles. The van der Waals surface area contributed by atoms with Gasteiger partial charge in [0.1, 0.15) is 6.07 Å². The van der Waals surface area contributed by atoms with Crippen LogP contribution >= 0.6 is 0 Å². The van der Waals surface area contributed by atoms with Crippen LogP contribution in [0.4, 0.5) is 5.88 Å². The molecule has 0 spiro atoms. The number of nitrogens with zero attached hydrogens (tertiary/aromatic N) is 5. The van der Waals surface area contributed by atoms with Crippen molar-refractivity contribution in [3.05, 3.63) is 47.3 Å². The maximum atomic E-state index is 9.19. The van der Waals surface area contributed by atoms with Crippen LogP contribution in [0, 0.1) is 25.2 Å². The van der Waals surface area contributed by atoms with E-state index in [2.05, 4.69) is 26.1 Å². The summed E-state index contributed by atoms with van der Waals surface area (Å²) in [4.78, 5) is 10.8. The smallest absolute Gasteiger partial charge is 0.234 e. The lowest BCUT2D eigenvalue weighted by molar-refractivity contribution is 0.326. The summed E-state index contributed by atoms with van der Waals surface area (Å²) >= 11 is 0. The molecule has 0 saturated carbocycles. The summed E-state index contributed by atoms with van der Waals surface area (Å²) in [6.45, 7) is 5.32. The molecule has 1 aliphatic rings. The van der Waals surface area contributed by atoms with Crippen molar-refractivity contribution in [1.82, 2.24) is 15.1 Å². The van der Waals surface area contributed by atoms with Crippen LogP contribution in [-0.4, -0.2) is 28.2 Å². The van der Waals surface area contributed by atoms with Gasteiger partial charge in [0.2, 0.25) is 23.3 Å². The second kappa shape index (κ2) is 6.64. The fraction of sp³-hybridized carbons (Fsp3) is 0.368. The Morgan fingerprint density at radius 1 is 1.12 bits per heavy atom. The number of anilines is 1. The SMILES string of the molecule is Cc1ccc(-c2noc(C3CCN(c4oc(C)nc4C#N)CC3)n2)cc1. The molecule has 3 aromatic rings. The molecule has 0 N–H and O–H groups in total. The van der Waals surface area contributed by atoms with Crippen LogP contribution in [0.25, 0.3) is 11.4 Å². The zero-order valence-corrected chi connectivity index (χ0v) is 14.8. The molecule has 7 nitrogen and oxygen atoms in total. The summed E-state index contributed by atoms with van der Waals surface area (Å²) in [5.74, 6) is 2.59. The number of hydrogen-bond donors (Lipinski definition) is 0. The van der Waals surface area contributed by atoms with Crippen molar-refractivity contribution >= 4 is 5.88 Å². The minimum atomic E-state index is 0.215. The highest BCUT2D eigenvalue weighted by atomic mass is 16.5. The Morgan fingerprint density at radius 2 is 1.85 bits per heavy atom. The largest absolute Gasteiger partial charge is 0.424 e. The van der Waals surface area contributed by atoms with Crippen LogP contribution in [0.2, 0.25) is 0 Å². The van der Waals surface area contributed by atoms with E-state index >= 15 is 0 Å². The summed E-state index contributed by atoms with van der Waals surface area (Å²) < 4.78 is 11.1. The first-order valence-electron chi connectivity index (χ1n) is 8.67. The molecule has 1 aromatic carbocycles. The van der Waals surface area contributed by atoms with Gasteiger partial charge in [-0.2, -0.15) is 10.2 Å². The van der Waals surface area contributed by atoms with Crippen LogP contribution in [0.3, 0.4) is 0 Å². The average Bonchev–Trinajstić information content (AvgIpc) is 3.29. The summed E-state index contributed by atoms with van der Waals surface area (Å²) in [7, 11) is 0. The average molecular weight is 349 g/mol. The highest BCUT2D eigenvalue weighted by Gasteiger charge is 2.28. The first-order chi connectivity index (χ1) is 12.6. The Morgan fingerprint density at radius 3 is 2.54 bits per heavy atom. The molecule has 7 heteroatoms. The van der Waals surface area contributed by atoms with E-state index in [4.69, 9.17) is 8.94 Å². The quantitative estimate of drug-likeness (QED) is 0.713. The van der Waals surface area contributed by atoms with Gasteiger partial charge < -0.3 is 13.8 Å². The van der Waals surface area contributed by atoms with Crippen LogP contribution < -0.4 is 4.90 Å². The molecule has 1 aliphatic heterocycles. The number of piperidine rings is 1. The molecule has 132 valence electrons. The molecule has 2 aromatic heterocycles. The van der Waals surface area contributed by atoms with Crippen molar-refractivity contribution in [2.45, 2.75) is 32.6 Å². The van der Waals surface area contributed by atoms with Crippen molar-refractivity contribution in [3.63, 3.8) is 0 Å². The van der Waals surface area contributed by atoms with E-state index in [9.17, 15) is 5.26 Å². The highest BCUT2D eigenvalue weighted by Crippen LogP contribution is 2.32. The Balaban J connectivity index is 1.45. The Hall–Kier alpha value is -3.14. The van der Waals surface area contributed by atoms with E-state index in [0.717, 1.165) is 31.5 Å². The van der Waals surface area contributed by atoms with Gasteiger partial charge in [0.05, 0.1) is 0 Å². The lowest BCUT2D eigenvalue weighted by atomic mass is 9.97. The van der Waals surface area contributed by atoms with Gasteiger partial charge >= 0.3 is 0 Å². The molecular weight excluding hydrogens is 330 g/mol. The first-order valence-corrected chi connectivity index (χ1v) is 8.67. The number of oxazole rings is 1. The monoisotopic (exact) mass is 349 g/mol. The van der Waals surface area contributed by atoms with Gasteiger partial charge in [-0.1, -0.05) is 35.0 Å². The lowest BCUT2D eigenvalue weighted by Crippen LogP contribution is -2.33. The Bertz CT molecular complexity index is 943. The van der Waals surface area contributed by atoms with Crippen LogP contribution in [-0.2, 0) is 0 Å². The van der Waals surface area contributed by atoms with Gasteiger partial charge in [-0.3, -0.25) is 0 Å². The second-order valence-corrected chi connectivity index (χ2v) is 6.58. The van der Waals surface area contributed by atoms with E-state index in [1.165, 1.54) is 5.56 Å². The zero-order valence-electron chi connectivity index (χ0n) is 14.8. The maximum absolute atomic E-state index is 9.19. The van der Waals surface area contributed by atoms with Crippen LogP contribution in [0.15, 0.2) is 33.2 Å². The number of aryl methyl sites for hydroxylation is 2. The fourth-order valence-corrected chi connectivity index (χ4v) is 3.25. The lowest BCUT2D eigenvalue weighted by Gasteiger charge is -2.29. The van der Waals surface area contributed by atoms with Crippen molar-refractivity contribution in [2.75, 3.05) is 18.0 Å². The molecule has 0 atom stereocenters. The van der Waals surface area contributed by atoms with Crippen molar-refractivity contribution < 1.29 is 8.94 Å². The van der Waals surface area contributed by atoms with Gasteiger partial charge in [-0.25, -0.2) is 4.98 Å². The summed E-state index contributed by atoms with van der Waals surface area (Å²) in [6.07, 6.45) is 1.72. The van der Waals surface area contributed by atoms with E-state index < -0.39 is 0 Å². The van der Waals surface area contributed by atoms with Crippen molar-refractivity contribution in [3.8, 4) is 17.5 Å². The minimum absolute atomic E-state index is 0.215.